The molecule has 0 saturated carbocycles. The minimum Gasteiger partial charge on any atom is -0.444 e. The molecule has 0 radical (unpaired) electrons. The molecule has 2 N–H and O–H groups in total. The molecule has 0 bridgehead atoms. The summed E-state index contributed by atoms with van der Waals surface area (Å²) < 4.78 is 5.24. The molecule has 0 fully saturated rings. The molecule has 0 rings (SSSR count). The van der Waals surface area contributed by atoms with Crippen LogP contribution in [0.3, 0.4) is 0 Å². The minimum atomic E-state index is -0.459. The highest BCUT2D eigenvalue weighted by Gasteiger charge is 2.18. The first kappa shape index (κ1) is 17.0. The van der Waals surface area contributed by atoms with Crippen molar-refractivity contribution < 1.29 is 9.53 Å². The monoisotopic (exact) mass is 256 g/mol. The van der Waals surface area contributed by atoms with E-state index < -0.39 is 5.60 Å². The van der Waals surface area contributed by atoms with Crippen LogP contribution < -0.4 is 10.6 Å². The van der Waals surface area contributed by atoms with Crippen molar-refractivity contribution in [3.63, 3.8) is 0 Å². The number of nitrogens with one attached hydrogen (secondary N) is 2. The van der Waals surface area contributed by atoms with E-state index in [0.29, 0.717) is 6.04 Å². The Morgan fingerprint density at radius 2 is 2.00 bits per heavy atom. The van der Waals surface area contributed by atoms with Crippen LogP contribution in [0, 0.1) is 0 Å². The van der Waals surface area contributed by atoms with Crippen LogP contribution in [0.5, 0.6) is 0 Å². The van der Waals surface area contributed by atoms with Gasteiger partial charge in [0.25, 0.3) is 0 Å². The van der Waals surface area contributed by atoms with Crippen LogP contribution in [0.25, 0.3) is 0 Å². The lowest BCUT2D eigenvalue weighted by molar-refractivity contribution is 0.0502. The van der Waals surface area contributed by atoms with Gasteiger partial charge >= 0.3 is 6.09 Å². The first-order valence-electron chi connectivity index (χ1n) is 6.58. The first-order chi connectivity index (χ1) is 8.24. The van der Waals surface area contributed by atoms with E-state index in [-0.39, 0.29) is 12.1 Å². The van der Waals surface area contributed by atoms with E-state index in [2.05, 4.69) is 31.1 Å². The Hall–Kier alpha value is -1.03. The number of alkyl carbamates (subject to hydrolysis) is 1. The van der Waals surface area contributed by atoms with E-state index in [1.807, 2.05) is 26.8 Å². The van der Waals surface area contributed by atoms with Gasteiger partial charge in [0.1, 0.15) is 5.60 Å². The number of ether oxygens (including phenoxy) is 1. The Balaban J connectivity index is 4.09. The Kier molecular flexibility index (Phi) is 7.67. The minimum absolute atomic E-state index is 0.0728. The molecular weight excluding hydrogens is 228 g/mol. The molecule has 0 aromatic heterocycles. The molecule has 4 heteroatoms. The summed E-state index contributed by atoms with van der Waals surface area (Å²) in [4.78, 5) is 11.7. The molecule has 0 heterocycles. The summed E-state index contributed by atoms with van der Waals surface area (Å²) in [5.74, 6) is 0. The van der Waals surface area contributed by atoms with Crippen LogP contribution in [0.15, 0.2) is 12.7 Å². The highest BCUT2D eigenvalue weighted by Crippen LogP contribution is 2.08. The molecule has 0 saturated heterocycles. The van der Waals surface area contributed by atoms with E-state index in [4.69, 9.17) is 4.74 Å². The fourth-order valence-corrected chi connectivity index (χ4v) is 1.47. The summed E-state index contributed by atoms with van der Waals surface area (Å²) in [7, 11) is 0. The van der Waals surface area contributed by atoms with E-state index in [1.165, 1.54) is 0 Å². The Labute approximate surface area is 111 Å². The van der Waals surface area contributed by atoms with Gasteiger partial charge < -0.3 is 15.4 Å². The molecule has 1 amide bonds. The van der Waals surface area contributed by atoms with Crippen LogP contribution in [-0.2, 0) is 4.74 Å². The highest BCUT2D eigenvalue weighted by molar-refractivity contribution is 5.68. The molecule has 0 aromatic carbocycles. The molecule has 0 aromatic rings. The number of hydrogen-bond donors (Lipinski definition) is 2. The van der Waals surface area contributed by atoms with Gasteiger partial charge in [-0.05, 0) is 40.2 Å². The molecular formula is C14H28N2O2. The fourth-order valence-electron chi connectivity index (χ4n) is 1.47. The first-order valence-corrected chi connectivity index (χ1v) is 6.58. The van der Waals surface area contributed by atoms with E-state index >= 15 is 0 Å². The number of carbonyl (C=O) groups is 1. The van der Waals surface area contributed by atoms with Crippen molar-refractivity contribution in [2.75, 3.05) is 6.54 Å². The van der Waals surface area contributed by atoms with Crippen molar-refractivity contribution in [2.45, 2.75) is 65.1 Å². The Morgan fingerprint density at radius 1 is 1.39 bits per heavy atom. The van der Waals surface area contributed by atoms with E-state index in [9.17, 15) is 4.79 Å². The van der Waals surface area contributed by atoms with Crippen molar-refractivity contribution >= 4 is 6.09 Å². The molecule has 1 atom stereocenters. The van der Waals surface area contributed by atoms with Crippen molar-refractivity contribution in [1.29, 1.82) is 0 Å². The third-order valence-electron chi connectivity index (χ3n) is 2.22. The van der Waals surface area contributed by atoms with Gasteiger partial charge in [-0.2, -0.15) is 0 Å². The average molecular weight is 256 g/mol. The second-order valence-corrected chi connectivity index (χ2v) is 5.77. The van der Waals surface area contributed by atoms with Crippen molar-refractivity contribution in [2.24, 2.45) is 0 Å². The average Bonchev–Trinajstić information content (AvgIpc) is 2.13. The Bertz CT molecular complexity index is 257. The number of rotatable bonds is 7. The van der Waals surface area contributed by atoms with Gasteiger partial charge in [-0.1, -0.05) is 19.9 Å². The lowest BCUT2D eigenvalue weighted by Gasteiger charge is -2.23. The summed E-state index contributed by atoms with van der Waals surface area (Å²) >= 11 is 0. The van der Waals surface area contributed by atoms with Gasteiger partial charge in [0.2, 0.25) is 0 Å². The standard InChI is InChI=1S/C14H28N2O2/c1-7-8-12(9-10-15-11(2)3)16-13(17)18-14(4,5)6/h7,11-12,15H,1,8-10H2,2-6H3,(H,16,17). The molecule has 0 aliphatic rings. The maximum Gasteiger partial charge on any atom is 0.407 e. The van der Waals surface area contributed by atoms with Gasteiger partial charge in [0.15, 0.2) is 0 Å². The van der Waals surface area contributed by atoms with Gasteiger partial charge in [0, 0.05) is 12.1 Å². The number of hydrogen-bond acceptors (Lipinski definition) is 3. The van der Waals surface area contributed by atoms with Gasteiger partial charge in [-0.15, -0.1) is 6.58 Å². The van der Waals surface area contributed by atoms with Gasteiger partial charge in [-0.3, -0.25) is 0 Å². The smallest absolute Gasteiger partial charge is 0.407 e. The molecule has 0 aliphatic heterocycles. The second kappa shape index (κ2) is 8.14. The van der Waals surface area contributed by atoms with Crippen molar-refractivity contribution in [3.05, 3.63) is 12.7 Å². The molecule has 106 valence electrons. The highest BCUT2D eigenvalue weighted by atomic mass is 16.6. The topological polar surface area (TPSA) is 50.4 Å². The normalized spacial score (nSPS) is 13.2. The zero-order chi connectivity index (χ0) is 14.2. The predicted molar refractivity (Wildman–Crippen MR) is 75.7 cm³/mol. The van der Waals surface area contributed by atoms with Gasteiger partial charge in [-0.25, -0.2) is 4.79 Å². The van der Waals surface area contributed by atoms with Crippen LogP contribution in [0.1, 0.15) is 47.5 Å². The quantitative estimate of drug-likeness (QED) is 0.689. The van der Waals surface area contributed by atoms with Crippen LogP contribution in [-0.4, -0.2) is 30.3 Å². The predicted octanol–water partition coefficient (Wildman–Crippen LogP) is 2.84. The van der Waals surface area contributed by atoms with Gasteiger partial charge in [0.05, 0.1) is 0 Å². The molecule has 0 spiro atoms. The third-order valence-corrected chi connectivity index (χ3v) is 2.22. The van der Waals surface area contributed by atoms with Crippen LogP contribution in [0.2, 0.25) is 0 Å². The SMILES string of the molecule is C=CCC(CCNC(C)C)NC(=O)OC(C)(C)C. The summed E-state index contributed by atoms with van der Waals surface area (Å²) in [6.07, 6.45) is 3.07. The summed E-state index contributed by atoms with van der Waals surface area (Å²) in [6, 6.07) is 0.527. The van der Waals surface area contributed by atoms with E-state index in [0.717, 1.165) is 19.4 Å². The zero-order valence-electron chi connectivity index (χ0n) is 12.4. The largest absolute Gasteiger partial charge is 0.444 e. The second-order valence-electron chi connectivity index (χ2n) is 5.77. The summed E-state index contributed by atoms with van der Waals surface area (Å²) in [5.41, 5.74) is -0.459. The molecule has 0 aliphatic carbocycles. The van der Waals surface area contributed by atoms with Crippen LogP contribution in [0.4, 0.5) is 4.79 Å². The van der Waals surface area contributed by atoms with Crippen molar-refractivity contribution in [1.82, 2.24) is 10.6 Å². The van der Waals surface area contributed by atoms with Crippen molar-refractivity contribution in [3.8, 4) is 0 Å². The maximum absolute atomic E-state index is 11.7. The fraction of sp³-hybridized carbons (Fsp3) is 0.786. The number of carbonyl (C=O) groups excluding carboxylic acids is 1. The zero-order valence-corrected chi connectivity index (χ0v) is 12.4. The molecule has 18 heavy (non-hydrogen) atoms. The number of amides is 1. The molecule has 1 unspecified atom stereocenters. The molecule has 4 nitrogen and oxygen atoms in total. The van der Waals surface area contributed by atoms with Crippen LogP contribution >= 0.6 is 0 Å². The Morgan fingerprint density at radius 3 is 2.44 bits per heavy atom. The van der Waals surface area contributed by atoms with E-state index in [1.54, 1.807) is 0 Å². The third kappa shape index (κ3) is 10.1. The summed E-state index contributed by atoms with van der Waals surface area (Å²) in [6.45, 7) is 14.4. The maximum atomic E-state index is 11.7. The lowest BCUT2D eigenvalue weighted by atomic mass is 10.1. The lowest BCUT2D eigenvalue weighted by Crippen LogP contribution is -2.40. The summed E-state index contributed by atoms with van der Waals surface area (Å²) in [5, 5.41) is 6.21.